The van der Waals surface area contributed by atoms with Crippen LogP contribution in [-0.2, 0) is 0 Å². The minimum atomic E-state index is -0.440. The molecule has 0 aliphatic heterocycles. The third-order valence-corrected chi connectivity index (χ3v) is 2.39. The van der Waals surface area contributed by atoms with Crippen molar-refractivity contribution in [3.05, 3.63) is 41.8 Å². The molecule has 0 saturated heterocycles. The van der Waals surface area contributed by atoms with Gasteiger partial charge in [0.15, 0.2) is 5.82 Å². The number of ether oxygens (including phenoxy) is 1. The van der Waals surface area contributed by atoms with Crippen LogP contribution in [0.5, 0.6) is 5.75 Å². The molecule has 0 fully saturated rings. The van der Waals surface area contributed by atoms with Crippen LogP contribution >= 0.6 is 11.6 Å². The molecule has 2 amide bonds. The zero-order valence-electron chi connectivity index (χ0n) is 10.1. The molecule has 0 saturated carbocycles. The number of amides is 2. The summed E-state index contributed by atoms with van der Waals surface area (Å²) >= 11 is 5.90. The number of urea groups is 1. The maximum Gasteiger partial charge on any atom is 0.324 e. The lowest BCUT2D eigenvalue weighted by Crippen LogP contribution is -2.20. The first-order chi connectivity index (χ1) is 9.17. The monoisotopic (exact) mass is 278 g/mol. The molecule has 0 radical (unpaired) electrons. The second-order valence-corrected chi connectivity index (χ2v) is 3.99. The number of hydrogen-bond donors (Lipinski definition) is 2. The van der Waals surface area contributed by atoms with Crippen molar-refractivity contribution >= 4 is 29.1 Å². The Balaban J connectivity index is 2.05. The molecule has 2 rings (SSSR count). The highest BCUT2D eigenvalue weighted by Crippen LogP contribution is 2.24. The number of carbonyl (C=O) groups is 1. The largest absolute Gasteiger partial charge is 0.497 e. The molecular formula is C12H11ClN4O2. The van der Waals surface area contributed by atoms with Gasteiger partial charge in [-0.05, 0) is 12.1 Å². The summed E-state index contributed by atoms with van der Waals surface area (Å²) in [5, 5.41) is 5.63. The molecule has 2 aromatic rings. The fourth-order valence-electron chi connectivity index (χ4n) is 1.40. The topological polar surface area (TPSA) is 76.1 Å². The third kappa shape index (κ3) is 3.82. The van der Waals surface area contributed by atoms with Gasteiger partial charge in [-0.2, -0.15) is 0 Å². The molecule has 6 nitrogen and oxygen atoms in total. The van der Waals surface area contributed by atoms with E-state index in [1.807, 2.05) is 0 Å². The molecule has 19 heavy (non-hydrogen) atoms. The molecule has 1 heterocycles. The van der Waals surface area contributed by atoms with Gasteiger partial charge in [-0.1, -0.05) is 11.6 Å². The van der Waals surface area contributed by atoms with Gasteiger partial charge in [0.1, 0.15) is 5.75 Å². The number of halogens is 1. The van der Waals surface area contributed by atoms with E-state index >= 15 is 0 Å². The van der Waals surface area contributed by atoms with Crippen molar-refractivity contribution < 1.29 is 9.53 Å². The van der Waals surface area contributed by atoms with Gasteiger partial charge in [0.05, 0.1) is 13.3 Å². The molecule has 0 bridgehead atoms. The number of aromatic nitrogens is 2. The Kier molecular flexibility index (Phi) is 4.15. The van der Waals surface area contributed by atoms with Gasteiger partial charge in [-0.15, -0.1) is 0 Å². The summed E-state index contributed by atoms with van der Waals surface area (Å²) < 4.78 is 5.06. The molecule has 1 aromatic heterocycles. The van der Waals surface area contributed by atoms with Crippen molar-refractivity contribution in [2.24, 2.45) is 0 Å². The fraction of sp³-hybridized carbons (Fsp3) is 0.0833. The lowest BCUT2D eigenvalue weighted by molar-refractivity contribution is 0.262. The lowest BCUT2D eigenvalue weighted by atomic mass is 10.3. The number of carbonyl (C=O) groups excluding carboxylic acids is 1. The summed E-state index contributed by atoms with van der Waals surface area (Å²) in [7, 11) is 1.52. The van der Waals surface area contributed by atoms with Gasteiger partial charge in [0.25, 0.3) is 0 Å². The number of anilines is 2. The van der Waals surface area contributed by atoms with Crippen molar-refractivity contribution in [2.75, 3.05) is 17.7 Å². The Hall–Kier alpha value is -2.34. The smallest absolute Gasteiger partial charge is 0.324 e. The van der Waals surface area contributed by atoms with Crippen LogP contribution in [0.25, 0.3) is 0 Å². The molecule has 7 heteroatoms. The van der Waals surface area contributed by atoms with E-state index in [0.29, 0.717) is 22.3 Å². The van der Waals surface area contributed by atoms with Gasteiger partial charge in [-0.25, -0.2) is 9.78 Å². The number of nitrogens with one attached hydrogen (secondary N) is 2. The normalized spacial score (nSPS) is 9.79. The zero-order valence-corrected chi connectivity index (χ0v) is 10.8. The predicted molar refractivity (Wildman–Crippen MR) is 72.7 cm³/mol. The molecule has 98 valence electrons. The maximum absolute atomic E-state index is 11.7. The van der Waals surface area contributed by atoms with Crippen molar-refractivity contribution in [1.82, 2.24) is 9.97 Å². The third-order valence-electron chi connectivity index (χ3n) is 2.17. The highest BCUT2D eigenvalue weighted by Gasteiger charge is 2.05. The number of rotatable bonds is 3. The van der Waals surface area contributed by atoms with Crippen LogP contribution < -0.4 is 15.4 Å². The Morgan fingerprint density at radius 3 is 2.79 bits per heavy atom. The quantitative estimate of drug-likeness (QED) is 0.905. The van der Waals surface area contributed by atoms with Crippen LogP contribution in [0.15, 0.2) is 36.8 Å². The molecule has 0 atom stereocenters. The Bertz CT molecular complexity index is 577. The summed E-state index contributed by atoms with van der Waals surface area (Å²) in [4.78, 5) is 19.5. The van der Waals surface area contributed by atoms with Gasteiger partial charge in [0.2, 0.25) is 0 Å². The molecule has 0 unspecified atom stereocenters. The summed E-state index contributed by atoms with van der Waals surface area (Å²) in [6.07, 6.45) is 4.45. The van der Waals surface area contributed by atoms with Crippen molar-refractivity contribution in [2.45, 2.75) is 0 Å². The Morgan fingerprint density at radius 1 is 1.26 bits per heavy atom. The molecule has 1 aromatic carbocycles. The van der Waals surface area contributed by atoms with E-state index in [1.165, 1.54) is 25.7 Å². The van der Waals surface area contributed by atoms with Crippen LogP contribution in [0.3, 0.4) is 0 Å². The van der Waals surface area contributed by atoms with Gasteiger partial charge >= 0.3 is 6.03 Å². The van der Waals surface area contributed by atoms with Gasteiger partial charge in [0, 0.05) is 29.2 Å². The molecule has 0 aliphatic rings. The Morgan fingerprint density at radius 2 is 2.11 bits per heavy atom. The lowest BCUT2D eigenvalue weighted by Gasteiger charge is -2.08. The van der Waals surface area contributed by atoms with E-state index in [1.54, 1.807) is 18.2 Å². The second-order valence-electron chi connectivity index (χ2n) is 3.55. The van der Waals surface area contributed by atoms with Crippen molar-refractivity contribution in [3.63, 3.8) is 0 Å². The summed E-state index contributed by atoms with van der Waals surface area (Å²) in [5.74, 6) is 0.913. The average Bonchev–Trinajstić information content (AvgIpc) is 2.38. The summed E-state index contributed by atoms with van der Waals surface area (Å²) in [6.45, 7) is 0. The number of hydrogen-bond acceptors (Lipinski definition) is 4. The SMILES string of the molecule is COc1cc(Cl)cc(NC(=O)Nc2cnccn2)c1. The number of methoxy groups -OCH3 is 1. The molecule has 0 aliphatic carbocycles. The van der Waals surface area contributed by atoms with Crippen molar-refractivity contribution in [3.8, 4) is 5.75 Å². The highest BCUT2D eigenvalue weighted by atomic mass is 35.5. The number of nitrogens with zero attached hydrogens (tertiary/aromatic N) is 2. The van der Waals surface area contributed by atoms with E-state index < -0.39 is 6.03 Å². The number of benzene rings is 1. The van der Waals surface area contributed by atoms with Gasteiger partial charge in [-0.3, -0.25) is 10.3 Å². The zero-order chi connectivity index (χ0) is 13.7. The van der Waals surface area contributed by atoms with E-state index in [-0.39, 0.29) is 0 Å². The minimum absolute atomic E-state index is 0.356. The molecular weight excluding hydrogens is 268 g/mol. The first-order valence-electron chi connectivity index (χ1n) is 5.36. The maximum atomic E-state index is 11.7. The average molecular weight is 279 g/mol. The van der Waals surface area contributed by atoms with E-state index in [9.17, 15) is 4.79 Å². The van der Waals surface area contributed by atoms with Crippen molar-refractivity contribution in [1.29, 1.82) is 0 Å². The van der Waals surface area contributed by atoms with Crippen LogP contribution in [0, 0.1) is 0 Å². The first kappa shape index (κ1) is 13.1. The van der Waals surface area contributed by atoms with Crippen LogP contribution in [0.2, 0.25) is 5.02 Å². The van der Waals surface area contributed by atoms with E-state index in [0.717, 1.165) is 0 Å². The first-order valence-corrected chi connectivity index (χ1v) is 5.74. The second kappa shape index (κ2) is 6.01. The summed E-state index contributed by atoms with van der Waals surface area (Å²) in [6, 6.07) is 4.47. The summed E-state index contributed by atoms with van der Waals surface area (Å²) in [5.41, 5.74) is 0.519. The molecule has 0 spiro atoms. The van der Waals surface area contributed by atoms with Crippen LogP contribution in [-0.4, -0.2) is 23.1 Å². The standard InChI is InChI=1S/C12H11ClN4O2/c1-19-10-5-8(13)4-9(6-10)16-12(18)17-11-7-14-2-3-15-11/h2-7H,1H3,(H2,15,16,17,18). The highest BCUT2D eigenvalue weighted by molar-refractivity contribution is 6.31. The fourth-order valence-corrected chi connectivity index (χ4v) is 1.62. The van der Waals surface area contributed by atoms with Crippen LogP contribution in [0.1, 0.15) is 0 Å². The Labute approximate surface area is 114 Å². The van der Waals surface area contributed by atoms with Crippen LogP contribution in [0.4, 0.5) is 16.3 Å². The van der Waals surface area contributed by atoms with Gasteiger partial charge < -0.3 is 10.1 Å². The minimum Gasteiger partial charge on any atom is -0.497 e. The molecule has 2 N–H and O–H groups in total. The van der Waals surface area contributed by atoms with E-state index in [4.69, 9.17) is 16.3 Å². The predicted octanol–water partition coefficient (Wildman–Crippen LogP) is 2.78. The van der Waals surface area contributed by atoms with E-state index in [2.05, 4.69) is 20.6 Å².